The van der Waals surface area contributed by atoms with Crippen LogP contribution in [0.3, 0.4) is 0 Å². The number of aromatic nitrogens is 4. The van der Waals surface area contributed by atoms with Crippen molar-refractivity contribution in [2.45, 2.75) is 0 Å². The summed E-state index contributed by atoms with van der Waals surface area (Å²) in [5.41, 5.74) is 2.79. The van der Waals surface area contributed by atoms with Crippen molar-refractivity contribution in [2.75, 3.05) is 0 Å². The number of thiazole rings is 1. The Morgan fingerprint density at radius 2 is 2.33 bits per heavy atom. The lowest BCUT2D eigenvalue weighted by Crippen LogP contribution is -1.83. The number of rotatable bonds is 2. The second-order valence-electron chi connectivity index (χ2n) is 2.89. The lowest BCUT2D eigenvalue weighted by atomic mass is 10.3. The Bertz CT molecular complexity index is 575. The van der Waals surface area contributed by atoms with Crippen LogP contribution in [-0.4, -0.2) is 20.4 Å². The van der Waals surface area contributed by atoms with E-state index < -0.39 is 0 Å². The summed E-state index contributed by atoms with van der Waals surface area (Å²) in [5.74, 6) is 1.19. The minimum Gasteiger partial charge on any atom is -0.436 e. The minimum absolute atomic E-state index is 0.457. The Labute approximate surface area is 88.7 Å². The molecular formula is C9H6N4OS. The first-order valence-corrected chi connectivity index (χ1v) is 5.17. The molecule has 0 aliphatic heterocycles. The van der Waals surface area contributed by atoms with Crippen LogP contribution in [0, 0.1) is 0 Å². The first-order valence-electron chi connectivity index (χ1n) is 4.29. The average molecular weight is 218 g/mol. The third kappa shape index (κ3) is 1.55. The van der Waals surface area contributed by atoms with Crippen LogP contribution in [-0.2, 0) is 0 Å². The van der Waals surface area contributed by atoms with Crippen molar-refractivity contribution in [1.82, 2.24) is 20.4 Å². The van der Waals surface area contributed by atoms with E-state index >= 15 is 0 Å². The molecule has 6 heteroatoms. The first-order chi connectivity index (χ1) is 7.42. The fraction of sp³-hybridized carbons (Fsp3) is 0. The number of benzene rings is 1. The molecule has 0 saturated carbocycles. The molecular weight excluding hydrogens is 212 g/mol. The summed E-state index contributed by atoms with van der Waals surface area (Å²) in [4.78, 5) is 4.19. The van der Waals surface area contributed by atoms with Crippen molar-refractivity contribution in [3.63, 3.8) is 0 Å². The number of hydrogen-bond acceptors (Lipinski definition) is 5. The monoisotopic (exact) mass is 218 g/mol. The smallest absolute Gasteiger partial charge is 0.258 e. The van der Waals surface area contributed by atoms with Crippen molar-refractivity contribution in [3.05, 3.63) is 29.9 Å². The Kier molecular flexibility index (Phi) is 1.85. The zero-order valence-electron chi connectivity index (χ0n) is 7.54. The van der Waals surface area contributed by atoms with Crippen LogP contribution in [0.1, 0.15) is 0 Å². The van der Waals surface area contributed by atoms with Gasteiger partial charge in [-0.15, -0.1) is 16.4 Å². The van der Waals surface area contributed by atoms with Crippen molar-refractivity contribution in [2.24, 2.45) is 0 Å². The molecule has 2 heterocycles. The molecule has 3 rings (SSSR count). The molecule has 0 aliphatic carbocycles. The molecule has 1 N–H and O–H groups in total. The van der Waals surface area contributed by atoms with Crippen LogP contribution < -0.4 is 4.74 Å². The van der Waals surface area contributed by atoms with Gasteiger partial charge in [-0.1, -0.05) is 0 Å². The predicted octanol–water partition coefficient (Wildman–Crippen LogP) is 2.21. The number of fused-ring (bicyclic) bond motifs is 1. The average Bonchev–Trinajstić information content (AvgIpc) is 2.87. The molecule has 0 atom stereocenters. The molecule has 0 spiro atoms. The second kappa shape index (κ2) is 3.32. The van der Waals surface area contributed by atoms with Gasteiger partial charge in [0, 0.05) is 6.07 Å². The maximum atomic E-state index is 5.47. The first kappa shape index (κ1) is 8.37. The summed E-state index contributed by atoms with van der Waals surface area (Å²) in [7, 11) is 0. The SMILES string of the molecule is c1nc2ccc(Oc3cn[nH]n3)cc2s1. The summed E-state index contributed by atoms with van der Waals surface area (Å²) in [6.07, 6.45) is 1.52. The molecule has 1 aromatic carbocycles. The van der Waals surface area contributed by atoms with Crippen LogP contribution in [0.4, 0.5) is 0 Å². The number of nitrogens with one attached hydrogen (secondary N) is 1. The lowest BCUT2D eigenvalue weighted by molar-refractivity contribution is 0.462. The van der Waals surface area contributed by atoms with E-state index in [4.69, 9.17) is 4.74 Å². The maximum absolute atomic E-state index is 5.47. The van der Waals surface area contributed by atoms with E-state index in [1.54, 1.807) is 11.3 Å². The van der Waals surface area contributed by atoms with Crippen molar-refractivity contribution >= 4 is 21.6 Å². The van der Waals surface area contributed by atoms with Gasteiger partial charge in [-0.2, -0.15) is 10.3 Å². The number of hydrogen-bond donors (Lipinski definition) is 1. The third-order valence-corrected chi connectivity index (χ3v) is 2.71. The van der Waals surface area contributed by atoms with Crippen LogP contribution in [0.5, 0.6) is 11.6 Å². The Morgan fingerprint density at radius 3 is 3.20 bits per heavy atom. The minimum atomic E-state index is 0.457. The van der Waals surface area contributed by atoms with Gasteiger partial charge in [-0.25, -0.2) is 4.98 Å². The third-order valence-electron chi connectivity index (χ3n) is 1.92. The summed E-state index contributed by atoms with van der Waals surface area (Å²) in [6.45, 7) is 0. The molecule has 0 bridgehead atoms. The fourth-order valence-electron chi connectivity index (χ4n) is 1.26. The molecule has 0 amide bonds. The van der Waals surface area contributed by atoms with Gasteiger partial charge in [0.2, 0.25) is 0 Å². The standard InChI is InChI=1S/C9H6N4OS/c1-2-7-8(15-5-10-7)3-6(1)14-9-4-11-13-12-9/h1-5H,(H,11,12,13). The van der Waals surface area contributed by atoms with Gasteiger partial charge < -0.3 is 4.74 Å². The van der Waals surface area contributed by atoms with E-state index in [1.165, 1.54) is 6.20 Å². The van der Waals surface area contributed by atoms with Crippen LogP contribution in [0.25, 0.3) is 10.2 Å². The molecule has 2 aromatic heterocycles. The Hall–Kier alpha value is -1.95. The quantitative estimate of drug-likeness (QED) is 0.716. The molecule has 3 aromatic rings. The predicted molar refractivity (Wildman–Crippen MR) is 56.1 cm³/mol. The zero-order valence-corrected chi connectivity index (χ0v) is 8.36. The Morgan fingerprint density at radius 1 is 1.33 bits per heavy atom. The molecule has 74 valence electrons. The van der Waals surface area contributed by atoms with Crippen LogP contribution >= 0.6 is 11.3 Å². The molecule has 0 saturated heterocycles. The van der Waals surface area contributed by atoms with Gasteiger partial charge in [-0.05, 0) is 12.1 Å². The lowest BCUT2D eigenvalue weighted by Gasteiger charge is -1.99. The van der Waals surface area contributed by atoms with E-state index in [-0.39, 0.29) is 0 Å². The van der Waals surface area contributed by atoms with Gasteiger partial charge in [-0.3, -0.25) is 0 Å². The second-order valence-corrected chi connectivity index (χ2v) is 3.78. The highest BCUT2D eigenvalue weighted by Gasteiger charge is 2.02. The fourth-order valence-corrected chi connectivity index (χ4v) is 1.97. The van der Waals surface area contributed by atoms with Gasteiger partial charge >= 0.3 is 0 Å². The van der Waals surface area contributed by atoms with E-state index in [9.17, 15) is 0 Å². The highest BCUT2D eigenvalue weighted by molar-refractivity contribution is 7.16. The zero-order chi connectivity index (χ0) is 10.1. The van der Waals surface area contributed by atoms with E-state index in [0.29, 0.717) is 5.88 Å². The number of aromatic amines is 1. The van der Waals surface area contributed by atoms with Crippen molar-refractivity contribution in [3.8, 4) is 11.6 Å². The van der Waals surface area contributed by atoms with E-state index in [2.05, 4.69) is 20.4 Å². The summed E-state index contributed by atoms with van der Waals surface area (Å²) in [6, 6.07) is 5.71. The highest BCUT2D eigenvalue weighted by atomic mass is 32.1. The summed E-state index contributed by atoms with van der Waals surface area (Å²) >= 11 is 1.58. The van der Waals surface area contributed by atoms with Crippen LogP contribution in [0.2, 0.25) is 0 Å². The molecule has 15 heavy (non-hydrogen) atoms. The largest absolute Gasteiger partial charge is 0.436 e. The topological polar surface area (TPSA) is 63.7 Å². The maximum Gasteiger partial charge on any atom is 0.258 e. The number of ether oxygens (including phenoxy) is 1. The van der Waals surface area contributed by atoms with Gasteiger partial charge in [0.15, 0.2) is 0 Å². The van der Waals surface area contributed by atoms with Gasteiger partial charge in [0.1, 0.15) is 11.9 Å². The van der Waals surface area contributed by atoms with Crippen molar-refractivity contribution < 1.29 is 4.74 Å². The summed E-state index contributed by atoms with van der Waals surface area (Å²) in [5, 5.41) is 9.96. The van der Waals surface area contributed by atoms with Crippen LogP contribution in [0.15, 0.2) is 29.9 Å². The molecule has 0 radical (unpaired) electrons. The Balaban J connectivity index is 1.97. The highest BCUT2D eigenvalue weighted by Crippen LogP contribution is 2.25. The molecule has 5 nitrogen and oxygen atoms in total. The number of H-pyrrole nitrogens is 1. The number of nitrogens with zero attached hydrogens (tertiary/aromatic N) is 3. The molecule has 0 fully saturated rings. The normalized spacial score (nSPS) is 10.7. The molecule has 0 aliphatic rings. The summed E-state index contributed by atoms with van der Waals surface area (Å²) < 4.78 is 6.56. The molecule has 0 unspecified atom stereocenters. The van der Waals surface area contributed by atoms with Gasteiger partial charge in [0.05, 0.1) is 15.7 Å². The van der Waals surface area contributed by atoms with E-state index in [0.717, 1.165) is 16.0 Å². The van der Waals surface area contributed by atoms with Gasteiger partial charge in [0.25, 0.3) is 5.88 Å². The van der Waals surface area contributed by atoms with Crippen molar-refractivity contribution in [1.29, 1.82) is 0 Å². The van der Waals surface area contributed by atoms with E-state index in [1.807, 2.05) is 23.7 Å².